The van der Waals surface area contributed by atoms with Gasteiger partial charge in [-0.2, -0.15) is 5.10 Å². The first kappa shape index (κ1) is 15.7. The van der Waals surface area contributed by atoms with E-state index >= 15 is 0 Å². The Balaban J connectivity index is 1.65. The van der Waals surface area contributed by atoms with E-state index in [1.165, 1.54) is 5.56 Å². The summed E-state index contributed by atoms with van der Waals surface area (Å²) in [4.78, 5) is 0. The van der Waals surface area contributed by atoms with Crippen LogP contribution in [0.15, 0.2) is 42.7 Å². The van der Waals surface area contributed by atoms with E-state index in [4.69, 9.17) is 4.74 Å². The highest BCUT2D eigenvalue weighted by Gasteiger charge is 2.00. The first-order valence-corrected chi connectivity index (χ1v) is 7.63. The van der Waals surface area contributed by atoms with E-state index in [1.807, 2.05) is 29.1 Å². The highest BCUT2D eigenvalue weighted by molar-refractivity contribution is 5.30. The van der Waals surface area contributed by atoms with Crippen LogP contribution in [0.5, 0.6) is 0 Å². The van der Waals surface area contributed by atoms with Crippen molar-refractivity contribution in [3.05, 3.63) is 48.3 Å². The van der Waals surface area contributed by atoms with Crippen LogP contribution in [-0.2, 0) is 11.3 Å². The molecule has 2 rings (SSSR count). The Labute approximate surface area is 127 Å². The highest BCUT2D eigenvalue weighted by Crippen LogP contribution is 2.07. The van der Waals surface area contributed by atoms with Gasteiger partial charge < -0.3 is 10.1 Å². The third-order valence-corrected chi connectivity index (χ3v) is 3.08. The fourth-order valence-corrected chi connectivity index (χ4v) is 2.02. The van der Waals surface area contributed by atoms with Gasteiger partial charge in [-0.25, -0.2) is 4.68 Å². The Morgan fingerprint density at radius 2 is 2.05 bits per heavy atom. The summed E-state index contributed by atoms with van der Waals surface area (Å²) in [6.45, 7) is 7.83. The molecule has 2 aromatic rings. The lowest BCUT2D eigenvalue weighted by atomic mass is 10.2. The molecule has 0 radical (unpaired) electrons. The molecule has 1 aromatic heterocycles. The highest BCUT2D eigenvalue weighted by atomic mass is 16.5. The lowest BCUT2D eigenvalue weighted by molar-refractivity contribution is 0.108. The maximum absolute atomic E-state index is 5.55. The SMILES string of the molecule is CC(C)COCCCNCc1cnn(-c2ccccc2)c1. The molecule has 1 aromatic carbocycles. The lowest BCUT2D eigenvalue weighted by Crippen LogP contribution is -2.16. The van der Waals surface area contributed by atoms with Gasteiger partial charge in [-0.15, -0.1) is 0 Å². The molecule has 4 heteroatoms. The minimum atomic E-state index is 0.613. The van der Waals surface area contributed by atoms with Crippen LogP contribution < -0.4 is 5.32 Å². The average Bonchev–Trinajstić information content (AvgIpc) is 2.96. The number of nitrogens with zero attached hydrogens (tertiary/aromatic N) is 2. The maximum atomic E-state index is 5.55. The van der Waals surface area contributed by atoms with E-state index in [1.54, 1.807) is 0 Å². The standard InChI is InChI=1S/C17H25N3O/c1-15(2)14-21-10-6-9-18-11-16-12-19-20(13-16)17-7-4-3-5-8-17/h3-5,7-8,12-13,15,18H,6,9-11,14H2,1-2H3. The number of rotatable bonds is 9. The second-order valence-electron chi connectivity index (χ2n) is 5.63. The normalized spacial score (nSPS) is 11.2. The topological polar surface area (TPSA) is 39.1 Å². The van der Waals surface area contributed by atoms with Gasteiger partial charge in [-0.05, 0) is 31.0 Å². The lowest BCUT2D eigenvalue weighted by Gasteiger charge is -2.07. The van der Waals surface area contributed by atoms with Crippen LogP contribution in [0.1, 0.15) is 25.8 Å². The van der Waals surface area contributed by atoms with E-state index in [0.717, 1.165) is 38.4 Å². The van der Waals surface area contributed by atoms with Gasteiger partial charge in [-0.3, -0.25) is 0 Å². The molecule has 0 saturated heterocycles. The molecule has 4 nitrogen and oxygen atoms in total. The van der Waals surface area contributed by atoms with Crippen LogP contribution in [0.3, 0.4) is 0 Å². The first-order valence-electron chi connectivity index (χ1n) is 7.63. The first-order chi connectivity index (χ1) is 10.3. The molecule has 0 aliphatic carbocycles. The van der Waals surface area contributed by atoms with Crippen LogP contribution in [0.2, 0.25) is 0 Å². The number of nitrogens with one attached hydrogen (secondary N) is 1. The third kappa shape index (κ3) is 5.69. The molecule has 114 valence electrons. The number of para-hydroxylation sites is 1. The number of hydrogen-bond acceptors (Lipinski definition) is 3. The van der Waals surface area contributed by atoms with E-state index < -0.39 is 0 Å². The number of ether oxygens (including phenoxy) is 1. The molecule has 0 bridgehead atoms. The summed E-state index contributed by atoms with van der Waals surface area (Å²) in [6, 6.07) is 10.2. The van der Waals surface area contributed by atoms with Crippen molar-refractivity contribution in [3.8, 4) is 5.69 Å². The molecule has 0 aliphatic heterocycles. The zero-order chi connectivity index (χ0) is 14.9. The second-order valence-corrected chi connectivity index (χ2v) is 5.63. The Morgan fingerprint density at radius 1 is 1.24 bits per heavy atom. The van der Waals surface area contributed by atoms with Gasteiger partial charge in [0.25, 0.3) is 0 Å². The Kier molecular flexibility index (Phi) is 6.44. The molecular formula is C17H25N3O. The van der Waals surface area contributed by atoms with Gasteiger partial charge in [0.2, 0.25) is 0 Å². The third-order valence-electron chi connectivity index (χ3n) is 3.08. The predicted octanol–water partition coefficient (Wildman–Crippen LogP) is 3.02. The van der Waals surface area contributed by atoms with Crippen molar-refractivity contribution in [1.29, 1.82) is 0 Å². The van der Waals surface area contributed by atoms with Gasteiger partial charge in [0.15, 0.2) is 0 Å². The Bertz CT molecular complexity index is 508. The van der Waals surface area contributed by atoms with E-state index in [0.29, 0.717) is 5.92 Å². The number of hydrogen-bond donors (Lipinski definition) is 1. The van der Waals surface area contributed by atoms with Crippen molar-refractivity contribution in [1.82, 2.24) is 15.1 Å². The Hall–Kier alpha value is -1.65. The predicted molar refractivity (Wildman–Crippen MR) is 85.5 cm³/mol. The van der Waals surface area contributed by atoms with Crippen molar-refractivity contribution >= 4 is 0 Å². The van der Waals surface area contributed by atoms with Crippen LogP contribution >= 0.6 is 0 Å². The van der Waals surface area contributed by atoms with Crippen molar-refractivity contribution in [2.24, 2.45) is 5.92 Å². The molecule has 0 spiro atoms. The van der Waals surface area contributed by atoms with E-state index in [2.05, 4.69) is 42.6 Å². The maximum Gasteiger partial charge on any atom is 0.0645 e. The van der Waals surface area contributed by atoms with Crippen molar-refractivity contribution in [2.45, 2.75) is 26.8 Å². The number of benzene rings is 1. The summed E-state index contributed by atoms with van der Waals surface area (Å²) in [6.07, 6.45) is 5.02. The monoisotopic (exact) mass is 287 g/mol. The molecule has 0 aliphatic rings. The zero-order valence-electron chi connectivity index (χ0n) is 13.0. The summed E-state index contributed by atoms with van der Waals surface area (Å²) in [5, 5.41) is 7.81. The van der Waals surface area contributed by atoms with Gasteiger partial charge in [0.1, 0.15) is 0 Å². The van der Waals surface area contributed by atoms with Crippen molar-refractivity contribution in [3.63, 3.8) is 0 Å². The summed E-state index contributed by atoms with van der Waals surface area (Å²) in [7, 11) is 0. The zero-order valence-corrected chi connectivity index (χ0v) is 13.0. The summed E-state index contributed by atoms with van der Waals surface area (Å²) >= 11 is 0. The van der Waals surface area contributed by atoms with Gasteiger partial charge >= 0.3 is 0 Å². The van der Waals surface area contributed by atoms with Crippen LogP contribution in [-0.4, -0.2) is 29.5 Å². The van der Waals surface area contributed by atoms with Crippen LogP contribution in [0, 0.1) is 5.92 Å². The molecule has 21 heavy (non-hydrogen) atoms. The van der Waals surface area contributed by atoms with Gasteiger partial charge in [0.05, 0.1) is 11.9 Å². The largest absolute Gasteiger partial charge is 0.381 e. The molecule has 1 N–H and O–H groups in total. The molecule has 0 atom stereocenters. The molecule has 0 amide bonds. The fourth-order valence-electron chi connectivity index (χ4n) is 2.02. The number of aromatic nitrogens is 2. The van der Waals surface area contributed by atoms with Crippen LogP contribution in [0.25, 0.3) is 5.69 Å². The molecular weight excluding hydrogens is 262 g/mol. The van der Waals surface area contributed by atoms with Gasteiger partial charge in [0, 0.05) is 31.5 Å². The van der Waals surface area contributed by atoms with E-state index in [9.17, 15) is 0 Å². The smallest absolute Gasteiger partial charge is 0.0645 e. The molecule has 0 saturated carbocycles. The quantitative estimate of drug-likeness (QED) is 0.721. The van der Waals surface area contributed by atoms with E-state index in [-0.39, 0.29) is 0 Å². The average molecular weight is 287 g/mol. The summed E-state index contributed by atoms with van der Waals surface area (Å²) in [5.41, 5.74) is 2.28. The fraction of sp³-hybridized carbons (Fsp3) is 0.471. The van der Waals surface area contributed by atoms with Gasteiger partial charge in [-0.1, -0.05) is 32.0 Å². The Morgan fingerprint density at radius 3 is 2.81 bits per heavy atom. The molecule has 0 unspecified atom stereocenters. The second kappa shape index (κ2) is 8.60. The molecule has 0 fully saturated rings. The molecule has 1 heterocycles. The minimum absolute atomic E-state index is 0.613. The summed E-state index contributed by atoms with van der Waals surface area (Å²) < 4.78 is 7.46. The van der Waals surface area contributed by atoms with Crippen molar-refractivity contribution < 1.29 is 4.74 Å². The van der Waals surface area contributed by atoms with Crippen molar-refractivity contribution in [2.75, 3.05) is 19.8 Å². The van der Waals surface area contributed by atoms with Crippen LogP contribution in [0.4, 0.5) is 0 Å². The minimum Gasteiger partial charge on any atom is -0.381 e. The summed E-state index contributed by atoms with van der Waals surface area (Å²) in [5.74, 6) is 0.613.